The second kappa shape index (κ2) is 7.72. The summed E-state index contributed by atoms with van der Waals surface area (Å²) in [4.78, 5) is 49.4. The van der Waals surface area contributed by atoms with Gasteiger partial charge in [0.05, 0.1) is 5.39 Å². The summed E-state index contributed by atoms with van der Waals surface area (Å²) in [7, 11) is 1.44. The predicted molar refractivity (Wildman–Crippen MR) is 115 cm³/mol. The number of ether oxygens (including phenoxy) is 1. The molecule has 1 heterocycles. The summed E-state index contributed by atoms with van der Waals surface area (Å²) in [5.74, 6) is 0.454. The molecule has 4 aliphatic carbocycles. The summed E-state index contributed by atoms with van der Waals surface area (Å²) in [6.07, 6.45) is 6.69. The average molecular weight is 438 g/mol. The van der Waals surface area contributed by atoms with Crippen LogP contribution in [0.3, 0.4) is 0 Å². The number of aromatic nitrogens is 2. The van der Waals surface area contributed by atoms with Crippen molar-refractivity contribution in [3.05, 3.63) is 40.3 Å². The second-order valence-electron chi connectivity index (χ2n) is 9.60. The van der Waals surface area contributed by atoms with Crippen molar-refractivity contribution in [2.75, 3.05) is 6.61 Å². The van der Waals surface area contributed by atoms with Gasteiger partial charge in [0.15, 0.2) is 12.3 Å². The molecule has 0 saturated heterocycles. The van der Waals surface area contributed by atoms with Gasteiger partial charge >= 0.3 is 12.0 Å². The van der Waals surface area contributed by atoms with E-state index in [4.69, 9.17) is 4.74 Å². The summed E-state index contributed by atoms with van der Waals surface area (Å²) in [6, 6.07) is 6.02. The van der Waals surface area contributed by atoms with Crippen molar-refractivity contribution in [2.24, 2.45) is 24.8 Å². The van der Waals surface area contributed by atoms with Gasteiger partial charge < -0.3 is 10.1 Å². The SMILES string of the molecule is Cn1nc(C(=O)OCC(=O)NC(=O)NC23CC4CC(CC(C4)C2)C3)c2ccccc2c1=O. The van der Waals surface area contributed by atoms with Crippen LogP contribution in [-0.2, 0) is 16.6 Å². The first-order valence-electron chi connectivity index (χ1n) is 11.1. The Morgan fingerprint density at radius 3 is 2.28 bits per heavy atom. The molecule has 4 saturated carbocycles. The number of amides is 3. The molecule has 9 heteroatoms. The number of hydrogen-bond acceptors (Lipinski definition) is 6. The summed E-state index contributed by atoms with van der Waals surface area (Å²) in [5.41, 5.74) is -0.613. The van der Waals surface area contributed by atoms with E-state index >= 15 is 0 Å². The number of nitrogens with one attached hydrogen (secondary N) is 2. The lowest BCUT2D eigenvalue weighted by molar-refractivity contribution is -0.123. The number of nitrogens with zero attached hydrogens (tertiary/aromatic N) is 2. The maximum atomic E-state index is 12.5. The quantitative estimate of drug-likeness (QED) is 0.704. The van der Waals surface area contributed by atoms with Gasteiger partial charge in [0.1, 0.15) is 0 Å². The molecule has 3 amide bonds. The Hall–Kier alpha value is -3.23. The van der Waals surface area contributed by atoms with E-state index in [1.165, 1.54) is 26.3 Å². The van der Waals surface area contributed by atoms with Crippen molar-refractivity contribution < 1.29 is 19.1 Å². The lowest BCUT2D eigenvalue weighted by atomic mass is 9.53. The molecular formula is C23H26N4O5. The van der Waals surface area contributed by atoms with E-state index in [9.17, 15) is 19.2 Å². The zero-order valence-corrected chi connectivity index (χ0v) is 17.9. The number of hydrogen-bond donors (Lipinski definition) is 2. The van der Waals surface area contributed by atoms with E-state index in [1.54, 1.807) is 24.3 Å². The summed E-state index contributed by atoms with van der Waals surface area (Å²) >= 11 is 0. The lowest BCUT2D eigenvalue weighted by Gasteiger charge is -2.56. The molecule has 0 aliphatic heterocycles. The molecule has 2 aromatic rings. The maximum Gasteiger partial charge on any atom is 0.359 e. The van der Waals surface area contributed by atoms with Crippen LogP contribution in [0.1, 0.15) is 49.0 Å². The fraction of sp³-hybridized carbons (Fsp3) is 0.522. The monoisotopic (exact) mass is 438 g/mol. The van der Waals surface area contributed by atoms with Crippen molar-refractivity contribution in [1.82, 2.24) is 20.4 Å². The van der Waals surface area contributed by atoms with E-state index in [1.807, 2.05) is 0 Å². The van der Waals surface area contributed by atoms with Crippen LogP contribution in [0.15, 0.2) is 29.1 Å². The largest absolute Gasteiger partial charge is 0.451 e. The molecule has 9 nitrogen and oxygen atoms in total. The van der Waals surface area contributed by atoms with Crippen LogP contribution in [0.5, 0.6) is 0 Å². The first-order valence-corrected chi connectivity index (χ1v) is 11.1. The molecule has 0 atom stereocenters. The molecule has 4 aliphatic rings. The van der Waals surface area contributed by atoms with Crippen LogP contribution in [0.25, 0.3) is 10.8 Å². The van der Waals surface area contributed by atoms with Gasteiger partial charge in [0.2, 0.25) is 0 Å². The smallest absolute Gasteiger partial charge is 0.359 e. The summed E-state index contributed by atoms with van der Waals surface area (Å²) in [5, 5.41) is 9.99. The molecule has 1 aromatic carbocycles. The summed E-state index contributed by atoms with van der Waals surface area (Å²) in [6.45, 7) is -0.619. The number of esters is 1. The van der Waals surface area contributed by atoms with Gasteiger partial charge in [0, 0.05) is 18.0 Å². The van der Waals surface area contributed by atoms with Gasteiger partial charge in [-0.1, -0.05) is 18.2 Å². The van der Waals surface area contributed by atoms with Crippen LogP contribution in [0.4, 0.5) is 4.79 Å². The molecule has 4 bridgehead atoms. The van der Waals surface area contributed by atoms with Crippen molar-refractivity contribution in [2.45, 2.75) is 44.1 Å². The third kappa shape index (κ3) is 3.76. The van der Waals surface area contributed by atoms with Gasteiger partial charge in [-0.25, -0.2) is 14.3 Å². The highest BCUT2D eigenvalue weighted by Gasteiger charge is 2.51. The minimum absolute atomic E-state index is 0.0616. The second-order valence-corrected chi connectivity index (χ2v) is 9.60. The third-order valence-electron chi connectivity index (χ3n) is 7.15. The molecule has 1 aromatic heterocycles. The fourth-order valence-corrected chi connectivity index (χ4v) is 6.35. The van der Waals surface area contributed by atoms with Gasteiger partial charge in [-0.05, 0) is 62.3 Å². The zero-order chi connectivity index (χ0) is 22.5. The Morgan fingerprint density at radius 1 is 1.06 bits per heavy atom. The number of carbonyl (C=O) groups is 3. The van der Waals surface area contributed by atoms with Gasteiger partial charge in [-0.15, -0.1) is 0 Å². The minimum atomic E-state index is -0.839. The number of benzene rings is 1. The molecule has 32 heavy (non-hydrogen) atoms. The number of urea groups is 1. The number of imide groups is 1. The number of carbonyl (C=O) groups excluding carboxylic acids is 3. The highest BCUT2D eigenvalue weighted by atomic mass is 16.5. The average Bonchev–Trinajstić information content (AvgIpc) is 2.73. The molecule has 4 fully saturated rings. The predicted octanol–water partition coefficient (Wildman–Crippen LogP) is 1.88. The third-order valence-corrected chi connectivity index (χ3v) is 7.15. The highest BCUT2D eigenvalue weighted by molar-refractivity contribution is 6.03. The lowest BCUT2D eigenvalue weighted by Crippen LogP contribution is -2.62. The molecule has 0 spiro atoms. The van der Waals surface area contributed by atoms with E-state index in [-0.39, 0.29) is 16.8 Å². The van der Waals surface area contributed by atoms with Crippen LogP contribution in [0.2, 0.25) is 0 Å². The number of fused-ring (bicyclic) bond motifs is 1. The van der Waals surface area contributed by atoms with E-state index in [0.717, 1.165) is 23.9 Å². The Morgan fingerprint density at radius 2 is 1.66 bits per heavy atom. The Labute approximate surface area is 184 Å². The topological polar surface area (TPSA) is 119 Å². The molecule has 6 rings (SSSR count). The number of rotatable bonds is 4. The van der Waals surface area contributed by atoms with Gasteiger partial charge in [0.25, 0.3) is 11.5 Å². The molecule has 0 radical (unpaired) electrons. The van der Waals surface area contributed by atoms with Crippen LogP contribution in [0, 0.1) is 17.8 Å². The minimum Gasteiger partial charge on any atom is -0.451 e. The Balaban J connectivity index is 1.19. The molecule has 0 unspecified atom stereocenters. The molecule has 168 valence electrons. The highest BCUT2D eigenvalue weighted by Crippen LogP contribution is 2.55. The molecular weight excluding hydrogens is 412 g/mol. The van der Waals surface area contributed by atoms with Gasteiger partial charge in [-0.3, -0.25) is 14.9 Å². The van der Waals surface area contributed by atoms with Crippen molar-refractivity contribution in [3.63, 3.8) is 0 Å². The van der Waals surface area contributed by atoms with E-state index in [2.05, 4.69) is 15.7 Å². The number of aryl methyl sites for hydroxylation is 1. The normalized spacial score (nSPS) is 27.8. The summed E-state index contributed by atoms with van der Waals surface area (Å²) < 4.78 is 6.13. The Kier molecular flexibility index (Phi) is 4.98. The fourth-order valence-electron chi connectivity index (χ4n) is 6.35. The van der Waals surface area contributed by atoms with Crippen LogP contribution >= 0.6 is 0 Å². The van der Waals surface area contributed by atoms with E-state index in [0.29, 0.717) is 28.5 Å². The van der Waals surface area contributed by atoms with E-state index < -0.39 is 24.5 Å². The van der Waals surface area contributed by atoms with Crippen molar-refractivity contribution >= 4 is 28.7 Å². The van der Waals surface area contributed by atoms with Crippen LogP contribution in [-0.4, -0.2) is 39.8 Å². The van der Waals surface area contributed by atoms with Gasteiger partial charge in [-0.2, -0.15) is 5.10 Å². The van der Waals surface area contributed by atoms with Crippen molar-refractivity contribution in [3.8, 4) is 0 Å². The zero-order valence-electron chi connectivity index (χ0n) is 17.9. The Bertz CT molecular complexity index is 1140. The molecule has 2 N–H and O–H groups in total. The standard InChI is InChI=1S/C23H26N4O5/c1-27-20(29)17-5-3-2-4-16(17)19(26-27)21(30)32-12-18(28)24-22(31)25-23-9-13-6-14(10-23)8-15(7-13)11-23/h2-5,13-15H,6-12H2,1H3,(H2,24,25,28,31). The van der Waals surface area contributed by atoms with Crippen molar-refractivity contribution in [1.29, 1.82) is 0 Å². The first kappa shape index (κ1) is 20.7. The first-order chi connectivity index (χ1) is 15.3. The van der Waals surface area contributed by atoms with Crippen LogP contribution < -0.4 is 16.2 Å². The maximum absolute atomic E-state index is 12.5.